The molecule has 20 heavy (non-hydrogen) atoms. The van der Waals surface area contributed by atoms with E-state index in [4.69, 9.17) is 11.6 Å². The molecule has 1 atom stereocenters. The second-order valence-electron chi connectivity index (χ2n) is 4.99. The lowest BCUT2D eigenvalue weighted by molar-refractivity contribution is 0.630. The second kappa shape index (κ2) is 5.55. The SMILES string of the molecule is Cc1cccc(CC(Cl)c2cc3ccc(F)cc3s2)c1. The van der Waals surface area contributed by atoms with E-state index in [0.717, 1.165) is 21.4 Å². The molecule has 0 amide bonds. The van der Waals surface area contributed by atoms with Crippen LogP contribution in [0.2, 0.25) is 0 Å². The highest BCUT2D eigenvalue weighted by molar-refractivity contribution is 7.19. The van der Waals surface area contributed by atoms with Gasteiger partial charge in [0.25, 0.3) is 0 Å². The van der Waals surface area contributed by atoms with Gasteiger partial charge in [0.1, 0.15) is 5.82 Å². The first-order valence-corrected chi connectivity index (χ1v) is 7.76. The first-order valence-electron chi connectivity index (χ1n) is 6.50. The Bertz CT molecular complexity index is 748. The van der Waals surface area contributed by atoms with E-state index in [1.54, 1.807) is 23.5 Å². The van der Waals surface area contributed by atoms with Crippen molar-refractivity contribution in [2.24, 2.45) is 0 Å². The van der Waals surface area contributed by atoms with Crippen LogP contribution in [0.15, 0.2) is 48.5 Å². The van der Waals surface area contributed by atoms with Gasteiger partial charge >= 0.3 is 0 Å². The van der Waals surface area contributed by atoms with Gasteiger partial charge in [0.05, 0.1) is 5.38 Å². The summed E-state index contributed by atoms with van der Waals surface area (Å²) in [7, 11) is 0. The molecular formula is C17H14ClFS. The van der Waals surface area contributed by atoms with Crippen molar-refractivity contribution in [1.82, 2.24) is 0 Å². The summed E-state index contributed by atoms with van der Waals surface area (Å²) in [5.41, 5.74) is 2.47. The third kappa shape index (κ3) is 2.87. The van der Waals surface area contributed by atoms with Gasteiger partial charge in [0.2, 0.25) is 0 Å². The first-order chi connectivity index (χ1) is 9.61. The maximum Gasteiger partial charge on any atom is 0.124 e. The van der Waals surface area contributed by atoms with Gasteiger partial charge in [-0.05, 0) is 42.5 Å². The van der Waals surface area contributed by atoms with E-state index in [9.17, 15) is 4.39 Å². The highest BCUT2D eigenvalue weighted by atomic mass is 35.5. The zero-order valence-electron chi connectivity index (χ0n) is 11.1. The predicted octanol–water partition coefficient (Wildman–Crippen LogP) is 5.87. The van der Waals surface area contributed by atoms with Gasteiger partial charge in [-0.2, -0.15) is 0 Å². The number of thiophene rings is 1. The summed E-state index contributed by atoms with van der Waals surface area (Å²) < 4.78 is 14.2. The predicted molar refractivity (Wildman–Crippen MR) is 85.3 cm³/mol. The highest BCUT2D eigenvalue weighted by Gasteiger charge is 2.13. The van der Waals surface area contributed by atoms with Crippen LogP contribution in [-0.4, -0.2) is 0 Å². The van der Waals surface area contributed by atoms with Crippen molar-refractivity contribution < 1.29 is 4.39 Å². The number of fused-ring (bicyclic) bond motifs is 1. The molecule has 0 N–H and O–H groups in total. The molecule has 1 unspecified atom stereocenters. The van der Waals surface area contributed by atoms with Crippen molar-refractivity contribution in [2.45, 2.75) is 18.7 Å². The molecule has 0 aliphatic heterocycles. The maximum atomic E-state index is 13.2. The molecule has 0 nitrogen and oxygen atoms in total. The molecule has 3 rings (SSSR count). The number of rotatable bonds is 3. The van der Waals surface area contributed by atoms with E-state index in [1.807, 2.05) is 0 Å². The van der Waals surface area contributed by atoms with Crippen LogP contribution >= 0.6 is 22.9 Å². The highest BCUT2D eigenvalue weighted by Crippen LogP contribution is 2.35. The molecule has 0 saturated heterocycles. The summed E-state index contributed by atoms with van der Waals surface area (Å²) in [6, 6.07) is 15.3. The van der Waals surface area contributed by atoms with Crippen molar-refractivity contribution in [3.8, 4) is 0 Å². The monoisotopic (exact) mass is 304 g/mol. The minimum atomic E-state index is -0.198. The quantitative estimate of drug-likeness (QED) is 0.531. The van der Waals surface area contributed by atoms with Crippen molar-refractivity contribution in [2.75, 3.05) is 0 Å². The van der Waals surface area contributed by atoms with Crippen LogP contribution in [0.4, 0.5) is 4.39 Å². The summed E-state index contributed by atoms with van der Waals surface area (Å²) in [4.78, 5) is 1.09. The van der Waals surface area contributed by atoms with Gasteiger partial charge in [0, 0.05) is 9.58 Å². The molecule has 0 aliphatic rings. The normalized spacial score (nSPS) is 12.8. The number of alkyl halides is 1. The van der Waals surface area contributed by atoms with E-state index in [-0.39, 0.29) is 11.2 Å². The number of aryl methyl sites for hydroxylation is 1. The van der Waals surface area contributed by atoms with E-state index in [2.05, 4.69) is 37.3 Å². The summed E-state index contributed by atoms with van der Waals surface area (Å²) in [6.45, 7) is 2.08. The Labute approximate surface area is 126 Å². The fraction of sp³-hybridized carbons (Fsp3) is 0.176. The van der Waals surface area contributed by atoms with Crippen LogP contribution in [-0.2, 0) is 6.42 Å². The molecule has 0 saturated carbocycles. The zero-order chi connectivity index (χ0) is 14.1. The molecule has 1 aromatic heterocycles. The van der Waals surface area contributed by atoms with Crippen LogP contribution in [0.3, 0.4) is 0 Å². The van der Waals surface area contributed by atoms with Gasteiger partial charge < -0.3 is 0 Å². The smallest absolute Gasteiger partial charge is 0.124 e. The number of halogens is 2. The molecule has 0 bridgehead atoms. The minimum Gasteiger partial charge on any atom is -0.207 e. The fourth-order valence-corrected chi connectivity index (χ4v) is 3.77. The molecule has 0 radical (unpaired) electrons. The van der Waals surface area contributed by atoms with Gasteiger partial charge in [-0.15, -0.1) is 22.9 Å². The number of hydrogen-bond donors (Lipinski definition) is 0. The molecule has 102 valence electrons. The summed E-state index contributed by atoms with van der Waals surface area (Å²) >= 11 is 8.09. The third-order valence-electron chi connectivity index (χ3n) is 3.31. The lowest BCUT2D eigenvalue weighted by Crippen LogP contribution is -1.93. The minimum absolute atomic E-state index is 0.0720. The molecule has 0 fully saturated rings. The molecule has 0 aliphatic carbocycles. The lowest BCUT2D eigenvalue weighted by atomic mass is 10.1. The molecular weight excluding hydrogens is 291 g/mol. The summed E-state index contributed by atoms with van der Waals surface area (Å²) in [5.74, 6) is -0.198. The van der Waals surface area contributed by atoms with E-state index in [1.165, 1.54) is 17.2 Å². The van der Waals surface area contributed by atoms with E-state index in [0.29, 0.717) is 0 Å². The summed E-state index contributed by atoms with van der Waals surface area (Å²) in [6.07, 6.45) is 0.790. The summed E-state index contributed by atoms with van der Waals surface area (Å²) in [5, 5.41) is 0.985. The fourth-order valence-electron chi connectivity index (χ4n) is 2.33. The largest absolute Gasteiger partial charge is 0.207 e. The van der Waals surface area contributed by atoms with Crippen molar-refractivity contribution in [1.29, 1.82) is 0 Å². The second-order valence-corrected chi connectivity index (χ2v) is 6.63. The maximum absolute atomic E-state index is 13.2. The van der Waals surface area contributed by atoms with Crippen LogP contribution in [0.5, 0.6) is 0 Å². The van der Waals surface area contributed by atoms with Crippen LogP contribution in [0, 0.1) is 12.7 Å². The van der Waals surface area contributed by atoms with Crippen LogP contribution in [0.1, 0.15) is 21.4 Å². The van der Waals surface area contributed by atoms with Crippen molar-refractivity contribution in [3.63, 3.8) is 0 Å². The van der Waals surface area contributed by atoms with E-state index >= 15 is 0 Å². The van der Waals surface area contributed by atoms with Crippen LogP contribution < -0.4 is 0 Å². The molecule has 3 heteroatoms. The lowest BCUT2D eigenvalue weighted by Gasteiger charge is -2.07. The Balaban J connectivity index is 1.86. The van der Waals surface area contributed by atoms with Crippen LogP contribution in [0.25, 0.3) is 10.1 Å². The number of benzene rings is 2. The topological polar surface area (TPSA) is 0 Å². The van der Waals surface area contributed by atoms with Crippen molar-refractivity contribution >= 4 is 33.0 Å². The average molecular weight is 305 g/mol. The molecule has 0 spiro atoms. The van der Waals surface area contributed by atoms with Crippen molar-refractivity contribution in [3.05, 3.63) is 70.4 Å². The van der Waals surface area contributed by atoms with Gasteiger partial charge in [0.15, 0.2) is 0 Å². The molecule has 3 aromatic rings. The molecule has 1 heterocycles. The third-order valence-corrected chi connectivity index (χ3v) is 5.04. The average Bonchev–Trinajstić information content (AvgIpc) is 2.81. The number of hydrogen-bond acceptors (Lipinski definition) is 1. The Morgan fingerprint density at radius 2 is 2.00 bits per heavy atom. The Kier molecular flexibility index (Phi) is 3.77. The van der Waals surface area contributed by atoms with Gasteiger partial charge in [-0.1, -0.05) is 35.9 Å². The van der Waals surface area contributed by atoms with Gasteiger partial charge in [-0.25, -0.2) is 4.39 Å². The van der Waals surface area contributed by atoms with Gasteiger partial charge in [-0.3, -0.25) is 0 Å². The Morgan fingerprint density at radius 1 is 1.15 bits per heavy atom. The Morgan fingerprint density at radius 3 is 2.80 bits per heavy atom. The first kappa shape index (κ1) is 13.6. The van der Waals surface area contributed by atoms with E-state index < -0.39 is 0 Å². The standard InChI is InChI=1S/C17H14ClFS/c1-11-3-2-4-12(7-11)8-15(18)17-9-13-5-6-14(19)10-16(13)20-17/h2-7,9-10,15H,8H2,1H3. The zero-order valence-corrected chi connectivity index (χ0v) is 12.6. The molecule has 2 aromatic carbocycles. The Hall–Kier alpha value is -1.38.